The van der Waals surface area contributed by atoms with E-state index in [4.69, 9.17) is 4.74 Å². The summed E-state index contributed by atoms with van der Waals surface area (Å²) in [5.41, 5.74) is 0. The SMILES string of the molecule is CCNCC1CCN(CCOCCN(C)C)C1. The molecule has 1 heterocycles. The molecule has 1 unspecified atom stereocenters. The van der Waals surface area contributed by atoms with Gasteiger partial charge in [-0.15, -0.1) is 0 Å². The quantitative estimate of drug-likeness (QED) is 0.597. The van der Waals surface area contributed by atoms with Gasteiger partial charge in [-0.2, -0.15) is 0 Å². The van der Waals surface area contributed by atoms with E-state index >= 15 is 0 Å². The predicted octanol–water partition coefficient (Wildman–Crippen LogP) is 0.496. The number of hydrogen-bond donors (Lipinski definition) is 1. The monoisotopic (exact) mass is 243 g/mol. The van der Waals surface area contributed by atoms with Gasteiger partial charge in [0.05, 0.1) is 13.2 Å². The fourth-order valence-electron chi connectivity index (χ4n) is 2.17. The molecule has 0 amide bonds. The Labute approximate surface area is 106 Å². The average Bonchev–Trinajstić information content (AvgIpc) is 2.73. The lowest BCUT2D eigenvalue weighted by atomic mass is 10.1. The Morgan fingerprint density at radius 3 is 2.88 bits per heavy atom. The third kappa shape index (κ3) is 6.99. The molecule has 0 saturated carbocycles. The van der Waals surface area contributed by atoms with E-state index < -0.39 is 0 Å². The molecule has 0 aromatic rings. The molecule has 1 rings (SSSR count). The molecule has 4 heteroatoms. The summed E-state index contributed by atoms with van der Waals surface area (Å²) >= 11 is 0. The smallest absolute Gasteiger partial charge is 0.0594 e. The zero-order valence-corrected chi connectivity index (χ0v) is 11.7. The Morgan fingerprint density at radius 2 is 2.18 bits per heavy atom. The minimum atomic E-state index is 0.844. The zero-order chi connectivity index (χ0) is 12.5. The number of likely N-dealkylation sites (N-methyl/N-ethyl adjacent to an activating group) is 1. The van der Waals surface area contributed by atoms with E-state index in [1.165, 1.54) is 26.1 Å². The van der Waals surface area contributed by atoms with Crippen LogP contribution in [-0.2, 0) is 4.74 Å². The molecule has 1 saturated heterocycles. The molecule has 1 atom stereocenters. The van der Waals surface area contributed by atoms with Crippen molar-refractivity contribution in [1.29, 1.82) is 0 Å². The van der Waals surface area contributed by atoms with Gasteiger partial charge < -0.3 is 19.9 Å². The number of likely N-dealkylation sites (tertiary alicyclic amines) is 1. The second-order valence-corrected chi connectivity index (χ2v) is 5.18. The number of rotatable bonds is 9. The van der Waals surface area contributed by atoms with Crippen molar-refractivity contribution in [3.63, 3.8) is 0 Å². The molecular weight excluding hydrogens is 214 g/mol. The maximum atomic E-state index is 5.62. The Hall–Kier alpha value is -0.160. The molecule has 4 nitrogen and oxygen atoms in total. The second-order valence-electron chi connectivity index (χ2n) is 5.18. The highest BCUT2D eigenvalue weighted by molar-refractivity contribution is 4.76. The van der Waals surface area contributed by atoms with Gasteiger partial charge in [0.2, 0.25) is 0 Å². The topological polar surface area (TPSA) is 27.7 Å². The van der Waals surface area contributed by atoms with Crippen LogP contribution in [0.4, 0.5) is 0 Å². The van der Waals surface area contributed by atoms with Crippen molar-refractivity contribution in [2.24, 2.45) is 5.92 Å². The Morgan fingerprint density at radius 1 is 1.35 bits per heavy atom. The molecule has 17 heavy (non-hydrogen) atoms. The molecular formula is C13H29N3O. The fourth-order valence-corrected chi connectivity index (χ4v) is 2.17. The van der Waals surface area contributed by atoms with Crippen LogP contribution in [0, 0.1) is 5.92 Å². The summed E-state index contributed by atoms with van der Waals surface area (Å²) in [5, 5.41) is 3.44. The summed E-state index contributed by atoms with van der Waals surface area (Å²) < 4.78 is 5.62. The molecule has 0 aliphatic carbocycles. The molecule has 1 aliphatic rings. The molecule has 0 aromatic heterocycles. The van der Waals surface area contributed by atoms with Gasteiger partial charge in [0.1, 0.15) is 0 Å². The fraction of sp³-hybridized carbons (Fsp3) is 1.00. The first kappa shape index (κ1) is 14.9. The van der Waals surface area contributed by atoms with Gasteiger partial charge in [-0.05, 0) is 46.1 Å². The minimum absolute atomic E-state index is 0.844. The van der Waals surface area contributed by atoms with Crippen LogP contribution >= 0.6 is 0 Å². The first-order chi connectivity index (χ1) is 8.22. The van der Waals surface area contributed by atoms with Gasteiger partial charge in [-0.3, -0.25) is 0 Å². The number of nitrogens with one attached hydrogen (secondary N) is 1. The van der Waals surface area contributed by atoms with Crippen LogP contribution in [0.15, 0.2) is 0 Å². The lowest BCUT2D eigenvalue weighted by Crippen LogP contribution is -2.29. The van der Waals surface area contributed by atoms with Crippen LogP contribution in [0.5, 0.6) is 0 Å². The predicted molar refractivity (Wildman–Crippen MR) is 72.5 cm³/mol. The second kappa shape index (κ2) is 8.86. The summed E-state index contributed by atoms with van der Waals surface area (Å²) in [6.45, 7) is 10.8. The Balaban J connectivity index is 1.94. The van der Waals surface area contributed by atoms with E-state index in [0.717, 1.165) is 38.8 Å². The lowest BCUT2D eigenvalue weighted by molar-refractivity contribution is 0.0975. The van der Waals surface area contributed by atoms with E-state index in [1.807, 2.05) is 0 Å². The van der Waals surface area contributed by atoms with Gasteiger partial charge in [0.25, 0.3) is 0 Å². The van der Waals surface area contributed by atoms with Crippen molar-refractivity contribution >= 4 is 0 Å². The molecule has 0 aromatic carbocycles. The highest BCUT2D eigenvalue weighted by Gasteiger charge is 2.21. The largest absolute Gasteiger partial charge is 0.379 e. The molecule has 0 bridgehead atoms. The Kier molecular flexibility index (Phi) is 7.77. The number of nitrogens with zero attached hydrogens (tertiary/aromatic N) is 2. The van der Waals surface area contributed by atoms with E-state index in [2.05, 4.69) is 36.1 Å². The van der Waals surface area contributed by atoms with Gasteiger partial charge in [0, 0.05) is 19.6 Å². The summed E-state index contributed by atoms with van der Waals surface area (Å²) in [6.07, 6.45) is 1.34. The molecule has 1 fully saturated rings. The molecule has 1 N–H and O–H groups in total. The third-order valence-corrected chi connectivity index (χ3v) is 3.29. The van der Waals surface area contributed by atoms with Crippen molar-refractivity contribution in [2.75, 3.05) is 66.6 Å². The molecule has 1 aliphatic heterocycles. The van der Waals surface area contributed by atoms with E-state index in [9.17, 15) is 0 Å². The third-order valence-electron chi connectivity index (χ3n) is 3.29. The summed E-state index contributed by atoms with van der Waals surface area (Å²) in [6, 6.07) is 0. The van der Waals surface area contributed by atoms with Crippen molar-refractivity contribution in [2.45, 2.75) is 13.3 Å². The van der Waals surface area contributed by atoms with Crippen LogP contribution in [0.3, 0.4) is 0 Å². The Bertz CT molecular complexity index is 188. The first-order valence-electron chi connectivity index (χ1n) is 6.88. The maximum Gasteiger partial charge on any atom is 0.0594 e. The van der Waals surface area contributed by atoms with Crippen LogP contribution in [0.1, 0.15) is 13.3 Å². The average molecular weight is 243 g/mol. The summed E-state index contributed by atoms with van der Waals surface area (Å²) in [4.78, 5) is 4.68. The maximum absolute atomic E-state index is 5.62. The van der Waals surface area contributed by atoms with E-state index in [-0.39, 0.29) is 0 Å². The van der Waals surface area contributed by atoms with Gasteiger partial charge in [-0.1, -0.05) is 6.92 Å². The van der Waals surface area contributed by atoms with Crippen LogP contribution in [0.2, 0.25) is 0 Å². The van der Waals surface area contributed by atoms with E-state index in [1.54, 1.807) is 0 Å². The van der Waals surface area contributed by atoms with Gasteiger partial charge in [-0.25, -0.2) is 0 Å². The summed E-state index contributed by atoms with van der Waals surface area (Å²) in [5.74, 6) is 0.844. The van der Waals surface area contributed by atoms with Crippen molar-refractivity contribution in [1.82, 2.24) is 15.1 Å². The van der Waals surface area contributed by atoms with Crippen molar-refractivity contribution < 1.29 is 4.74 Å². The highest BCUT2D eigenvalue weighted by atomic mass is 16.5. The number of hydrogen-bond acceptors (Lipinski definition) is 4. The molecule has 102 valence electrons. The van der Waals surface area contributed by atoms with E-state index in [0.29, 0.717) is 0 Å². The van der Waals surface area contributed by atoms with Crippen molar-refractivity contribution in [3.8, 4) is 0 Å². The first-order valence-corrected chi connectivity index (χ1v) is 6.88. The van der Waals surface area contributed by atoms with Gasteiger partial charge >= 0.3 is 0 Å². The lowest BCUT2D eigenvalue weighted by Gasteiger charge is -2.16. The molecule has 0 spiro atoms. The van der Waals surface area contributed by atoms with Crippen LogP contribution < -0.4 is 5.32 Å². The van der Waals surface area contributed by atoms with Crippen LogP contribution in [0.25, 0.3) is 0 Å². The number of ether oxygens (including phenoxy) is 1. The van der Waals surface area contributed by atoms with Crippen molar-refractivity contribution in [3.05, 3.63) is 0 Å². The zero-order valence-electron chi connectivity index (χ0n) is 11.7. The van der Waals surface area contributed by atoms with Gasteiger partial charge in [0.15, 0.2) is 0 Å². The normalized spacial score (nSPS) is 21.5. The summed E-state index contributed by atoms with van der Waals surface area (Å²) in [7, 11) is 4.16. The standard InChI is InChI=1S/C13H29N3O/c1-4-14-11-13-5-6-16(12-13)8-10-17-9-7-15(2)3/h13-14H,4-12H2,1-3H3. The minimum Gasteiger partial charge on any atom is -0.379 e. The van der Waals surface area contributed by atoms with Crippen LogP contribution in [-0.4, -0.2) is 76.4 Å². The highest BCUT2D eigenvalue weighted by Crippen LogP contribution is 2.14. The molecule has 0 radical (unpaired) electrons.